The van der Waals surface area contributed by atoms with E-state index < -0.39 is 0 Å². The third-order valence-electron chi connectivity index (χ3n) is 3.00. The van der Waals surface area contributed by atoms with Crippen LogP contribution >= 0.6 is 0 Å². The molecule has 0 spiro atoms. The molecule has 1 aliphatic rings. The summed E-state index contributed by atoms with van der Waals surface area (Å²) in [7, 11) is 0. The smallest absolute Gasteiger partial charge is 0.249 e. The van der Waals surface area contributed by atoms with Gasteiger partial charge in [0.1, 0.15) is 12.3 Å². The lowest BCUT2D eigenvalue weighted by atomic mass is 10.2. The quantitative estimate of drug-likeness (QED) is 0.599. The van der Waals surface area contributed by atoms with Crippen LogP contribution in [0.1, 0.15) is 6.92 Å². The second-order valence-corrected chi connectivity index (χ2v) is 4.31. The number of anilines is 1. The fraction of sp³-hybridized carbons (Fsp3) is 0.357. The van der Waals surface area contributed by atoms with E-state index in [4.69, 9.17) is 10.00 Å². The van der Waals surface area contributed by atoms with Gasteiger partial charge in [0.15, 0.2) is 0 Å². The standard InChI is InChI=1S/C14H15N3O3/c1-2-20-12-5-3-11(4-6-12)16-9-13(18)17(8-7-15)14(19)10-16/h3-6H,2,8-10H2,1H3. The third-order valence-corrected chi connectivity index (χ3v) is 3.00. The van der Waals surface area contributed by atoms with Crippen molar-refractivity contribution in [2.75, 3.05) is 31.1 Å². The van der Waals surface area contributed by atoms with Crippen molar-refractivity contribution in [1.82, 2.24) is 4.90 Å². The van der Waals surface area contributed by atoms with E-state index in [0.29, 0.717) is 6.61 Å². The number of hydrogen-bond acceptors (Lipinski definition) is 5. The number of imide groups is 1. The molecule has 20 heavy (non-hydrogen) atoms. The van der Waals surface area contributed by atoms with Crippen LogP contribution in [0, 0.1) is 11.3 Å². The fourth-order valence-electron chi connectivity index (χ4n) is 2.04. The monoisotopic (exact) mass is 273 g/mol. The van der Waals surface area contributed by atoms with Crippen LogP contribution in [0.25, 0.3) is 0 Å². The molecule has 104 valence electrons. The van der Waals surface area contributed by atoms with Gasteiger partial charge in [-0.25, -0.2) is 0 Å². The first-order valence-corrected chi connectivity index (χ1v) is 6.33. The van der Waals surface area contributed by atoms with Gasteiger partial charge in [0, 0.05) is 5.69 Å². The lowest BCUT2D eigenvalue weighted by Crippen LogP contribution is -2.54. The molecule has 1 aromatic rings. The molecule has 1 aliphatic heterocycles. The molecule has 0 aromatic heterocycles. The van der Waals surface area contributed by atoms with Gasteiger partial charge in [-0.2, -0.15) is 5.26 Å². The summed E-state index contributed by atoms with van der Waals surface area (Å²) in [5, 5.41) is 8.59. The summed E-state index contributed by atoms with van der Waals surface area (Å²) >= 11 is 0. The molecule has 0 unspecified atom stereocenters. The maximum absolute atomic E-state index is 11.8. The van der Waals surface area contributed by atoms with Gasteiger partial charge in [0.25, 0.3) is 0 Å². The minimum Gasteiger partial charge on any atom is -0.494 e. The van der Waals surface area contributed by atoms with Crippen molar-refractivity contribution in [3.05, 3.63) is 24.3 Å². The largest absolute Gasteiger partial charge is 0.494 e. The Morgan fingerprint density at radius 3 is 2.30 bits per heavy atom. The Balaban J connectivity index is 2.09. The van der Waals surface area contributed by atoms with E-state index in [9.17, 15) is 9.59 Å². The molecule has 0 bridgehead atoms. The number of benzene rings is 1. The molecule has 0 saturated carbocycles. The number of ether oxygens (including phenoxy) is 1. The second-order valence-electron chi connectivity index (χ2n) is 4.31. The first kappa shape index (κ1) is 13.9. The first-order valence-electron chi connectivity index (χ1n) is 6.33. The molecule has 1 heterocycles. The molecule has 6 heteroatoms. The molecule has 0 N–H and O–H groups in total. The van der Waals surface area contributed by atoms with E-state index in [0.717, 1.165) is 16.3 Å². The van der Waals surface area contributed by atoms with Crippen LogP contribution in [0.5, 0.6) is 5.75 Å². The zero-order valence-electron chi connectivity index (χ0n) is 11.2. The highest BCUT2D eigenvalue weighted by Crippen LogP contribution is 2.21. The van der Waals surface area contributed by atoms with Crippen LogP contribution in [0.15, 0.2) is 24.3 Å². The van der Waals surface area contributed by atoms with Gasteiger partial charge in [-0.3, -0.25) is 14.5 Å². The van der Waals surface area contributed by atoms with Gasteiger partial charge < -0.3 is 9.64 Å². The van der Waals surface area contributed by atoms with Crippen LogP contribution < -0.4 is 9.64 Å². The van der Waals surface area contributed by atoms with E-state index in [1.807, 2.05) is 25.1 Å². The van der Waals surface area contributed by atoms with Crippen molar-refractivity contribution < 1.29 is 14.3 Å². The van der Waals surface area contributed by atoms with E-state index in [1.165, 1.54) is 0 Å². The lowest BCUT2D eigenvalue weighted by Gasteiger charge is -2.32. The number of nitrogens with zero attached hydrogens (tertiary/aromatic N) is 3. The first-order chi connectivity index (χ1) is 9.65. The molecule has 2 amide bonds. The van der Waals surface area contributed by atoms with Gasteiger partial charge in [-0.15, -0.1) is 0 Å². The van der Waals surface area contributed by atoms with E-state index in [2.05, 4.69) is 0 Å². The summed E-state index contributed by atoms with van der Waals surface area (Å²) in [5.74, 6) is 0.0467. The van der Waals surface area contributed by atoms with E-state index in [1.54, 1.807) is 17.0 Å². The molecule has 2 rings (SSSR count). The second kappa shape index (κ2) is 6.06. The molecule has 0 atom stereocenters. The number of carbonyl (C=O) groups is 2. The Morgan fingerprint density at radius 1 is 1.20 bits per heavy atom. The number of nitriles is 1. The number of hydrogen-bond donors (Lipinski definition) is 0. The SMILES string of the molecule is CCOc1ccc(N2CC(=O)N(CC#N)C(=O)C2)cc1. The Kier molecular flexibility index (Phi) is 4.20. The Morgan fingerprint density at radius 2 is 1.80 bits per heavy atom. The van der Waals surface area contributed by atoms with Crippen LogP contribution in [-0.2, 0) is 9.59 Å². The van der Waals surface area contributed by atoms with Crippen LogP contribution in [-0.4, -0.2) is 43.0 Å². The number of piperazine rings is 1. The van der Waals surface area contributed by atoms with Gasteiger partial charge in [0.2, 0.25) is 11.8 Å². The van der Waals surface area contributed by atoms with Crippen LogP contribution in [0.2, 0.25) is 0 Å². The summed E-state index contributed by atoms with van der Waals surface area (Å²) in [4.78, 5) is 26.4. The molecule has 1 aromatic carbocycles. The van der Waals surface area contributed by atoms with Crippen LogP contribution in [0.3, 0.4) is 0 Å². The normalized spacial score (nSPS) is 15.2. The molecule has 0 aliphatic carbocycles. The van der Waals surface area contributed by atoms with E-state index in [-0.39, 0.29) is 31.4 Å². The van der Waals surface area contributed by atoms with Gasteiger partial charge >= 0.3 is 0 Å². The van der Waals surface area contributed by atoms with Crippen molar-refractivity contribution in [1.29, 1.82) is 5.26 Å². The van der Waals surface area contributed by atoms with Crippen LogP contribution in [0.4, 0.5) is 5.69 Å². The molecule has 6 nitrogen and oxygen atoms in total. The molecule has 1 saturated heterocycles. The summed E-state index contributed by atoms with van der Waals surface area (Å²) in [5.41, 5.74) is 0.784. The average Bonchev–Trinajstić information content (AvgIpc) is 2.44. The summed E-state index contributed by atoms with van der Waals surface area (Å²) in [6.07, 6.45) is 0. The summed E-state index contributed by atoms with van der Waals surface area (Å²) in [6, 6.07) is 9.05. The number of amides is 2. The van der Waals surface area contributed by atoms with Crippen molar-refractivity contribution in [2.45, 2.75) is 6.92 Å². The maximum Gasteiger partial charge on any atom is 0.249 e. The minimum absolute atomic E-state index is 0.0986. The zero-order valence-corrected chi connectivity index (χ0v) is 11.2. The minimum atomic E-state index is -0.350. The maximum atomic E-state index is 11.8. The summed E-state index contributed by atoms with van der Waals surface area (Å²) in [6.45, 7) is 2.50. The third kappa shape index (κ3) is 2.88. The van der Waals surface area contributed by atoms with Crippen molar-refractivity contribution in [3.63, 3.8) is 0 Å². The van der Waals surface area contributed by atoms with E-state index >= 15 is 0 Å². The molecular formula is C14H15N3O3. The highest BCUT2D eigenvalue weighted by atomic mass is 16.5. The van der Waals surface area contributed by atoms with Crippen molar-refractivity contribution >= 4 is 17.5 Å². The highest BCUT2D eigenvalue weighted by Gasteiger charge is 2.30. The highest BCUT2D eigenvalue weighted by molar-refractivity contribution is 6.02. The van der Waals surface area contributed by atoms with Gasteiger partial charge in [0.05, 0.1) is 25.8 Å². The molecular weight excluding hydrogens is 258 g/mol. The topological polar surface area (TPSA) is 73.6 Å². The summed E-state index contributed by atoms with van der Waals surface area (Å²) < 4.78 is 5.34. The predicted molar refractivity (Wildman–Crippen MR) is 72.2 cm³/mol. The average molecular weight is 273 g/mol. The number of rotatable bonds is 4. The zero-order chi connectivity index (χ0) is 14.5. The lowest BCUT2D eigenvalue weighted by molar-refractivity contribution is -0.144. The van der Waals surface area contributed by atoms with Gasteiger partial charge in [-0.05, 0) is 31.2 Å². The fourth-order valence-corrected chi connectivity index (χ4v) is 2.04. The van der Waals surface area contributed by atoms with Crippen molar-refractivity contribution in [3.8, 4) is 11.8 Å². The Hall–Kier alpha value is -2.55. The predicted octanol–water partition coefficient (Wildman–Crippen LogP) is 0.784. The number of carbonyl (C=O) groups excluding carboxylic acids is 2. The Labute approximate surface area is 117 Å². The van der Waals surface area contributed by atoms with Crippen molar-refractivity contribution in [2.24, 2.45) is 0 Å². The van der Waals surface area contributed by atoms with Gasteiger partial charge in [-0.1, -0.05) is 0 Å². The Bertz CT molecular complexity index is 530. The molecule has 0 radical (unpaired) electrons. The molecule has 1 fully saturated rings.